The van der Waals surface area contributed by atoms with Gasteiger partial charge in [-0.25, -0.2) is 0 Å². The molecule has 156 valence electrons. The monoisotopic (exact) mass is 405 g/mol. The van der Waals surface area contributed by atoms with E-state index in [1.54, 1.807) is 15.9 Å². The Bertz CT molecular complexity index is 985. The van der Waals surface area contributed by atoms with E-state index in [0.29, 0.717) is 29.8 Å². The van der Waals surface area contributed by atoms with Crippen LogP contribution in [0.25, 0.3) is 0 Å². The van der Waals surface area contributed by atoms with Crippen LogP contribution in [-0.2, 0) is 4.79 Å². The third-order valence-corrected chi connectivity index (χ3v) is 5.64. The lowest BCUT2D eigenvalue weighted by Crippen LogP contribution is -2.48. The van der Waals surface area contributed by atoms with Crippen LogP contribution in [0.15, 0.2) is 48.5 Å². The molecule has 30 heavy (non-hydrogen) atoms. The molecular weight excluding hydrogens is 378 g/mol. The second-order valence-electron chi connectivity index (χ2n) is 8.18. The molecule has 2 heterocycles. The molecule has 0 spiro atoms. The molecule has 0 aliphatic carbocycles. The average Bonchev–Trinajstić information content (AvgIpc) is 3.02. The van der Waals surface area contributed by atoms with Crippen molar-refractivity contribution in [1.29, 1.82) is 0 Å². The van der Waals surface area contributed by atoms with E-state index >= 15 is 0 Å². The van der Waals surface area contributed by atoms with Crippen LogP contribution in [0.1, 0.15) is 72.0 Å². The Hall–Kier alpha value is -3.15. The molecule has 0 fully saturated rings. The van der Waals surface area contributed by atoms with Crippen LogP contribution in [0.4, 0.5) is 5.69 Å². The second-order valence-corrected chi connectivity index (χ2v) is 8.18. The highest BCUT2D eigenvalue weighted by Crippen LogP contribution is 2.45. The number of fused-ring (bicyclic) bond motifs is 5. The van der Waals surface area contributed by atoms with Gasteiger partial charge in [-0.1, -0.05) is 36.8 Å². The van der Waals surface area contributed by atoms with E-state index in [4.69, 9.17) is 0 Å². The van der Waals surface area contributed by atoms with Crippen LogP contribution in [-0.4, -0.2) is 35.2 Å². The number of hydrogen-bond donors (Lipinski definition) is 1. The summed E-state index contributed by atoms with van der Waals surface area (Å²) in [7, 11) is 0. The van der Waals surface area contributed by atoms with E-state index in [1.165, 1.54) is 0 Å². The van der Waals surface area contributed by atoms with E-state index in [-0.39, 0.29) is 23.8 Å². The van der Waals surface area contributed by atoms with Crippen LogP contribution < -0.4 is 10.2 Å². The molecule has 4 rings (SSSR count). The van der Waals surface area contributed by atoms with Crippen molar-refractivity contribution in [3.63, 3.8) is 0 Å². The Morgan fingerprint density at radius 2 is 1.63 bits per heavy atom. The maximum absolute atomic E-state index is 13.3. The smallest absolute Gasteiger partial charge is 0.260 e. The molecule has 3 amide bonds. The number of unbranched alkanes of at least 4 members (excludes halogenated alkanes) is 2. The first-order valence-electron chi connectivity index (χ1n) is 10.6. The van der Waals surface area contributed by atoms with Crippen molar-refractivity contribution in [2.75, 3.05) is 11.4 Å². The molecule has 2 aromatic rings. The number of nitrogens with zero attached hydrogens (tertiary/aromatic N) is 2. The topological polar surface area (TPSA) is 69.7 Å². The molecule has 2 aliphatic heterocycles. The molecule has 0 saturated heterocycles. The summed E-state index contributed by atoms with van der Waals surface area (Å²) >= 11 is 0. The molecular formula is C24H27N3O3. The summed E-state index contributed by atoms with van der Waals surface area (Å²) < 4.78 is 0. The maximum Gasteiger partial charge on any atom is 0.260 e. The molecule has 6 heteroatoms. The Morgan fingerprint density at radius 3 is 2.40 bits per heavy atom. The van der Waals surface area contributed by atoms with Crippen molar-refractivity contribution in [2.45, 2.75) is 51.7 Å². The zero-order valence-corrected chi connectivity index (χ0v) is 17.4. The Labute approximate surface area is 176 Å². The van der Waals surface area contributed by atoms with Crippen LogP contribution in [0.5, 0.6) is 0 Å². The van der Waals surface area contributed by atoms with Crippen molar-refractivity contribution in [2.24, 2.45) is 0 Å². The van der Waals surface area contributed by atoms with Gasteiger partial charge >= 0.3 is 0 Å². The number of para-hydroxylation sites is 1. The first-order valence-corrected chi connectivity index (χ1v) is 10.6. The average molecular weight is 405 g/mol. The van der Waals surface area contributed by atoms with Gasteiger partial charge in [-0.3, -0.25) is 19.3 Å². The molecule has 6 nitrogen and oxygen atoms in total. The number of amides is 3. The van der Waals surface area contributed by atoms with E-state index in [9.17, 15) is 14.4 Å². The van der Waals surface area contributed by atoms with Crippen molar-refractivity contribution >= 4 is 23.4 Å². The fourth-order valence-corrected chi connectivity index (χ4v) is 4.34. The number of carbonyl (C=O) groups excluding carboxylic acids is 3. The third kappa shape index (κ3) is 3.58. The molecule has 2 aliphatic rings. The molecule has 0 unspecified atom stereocenters. The fraction of sp³-hybridized carbons (Fsp3) is 0.375. The normalized spacial score (nSPS) is 17.1. The number of anilines is 1. The summed E-state index contributed by atoms with van der Waals surface area (Å²) in [4.78, 5) is 41.8. The number of carbonyl (C=O) groups is 3. The summed E-state index contributed by atoms with van der Waals surface area (Å²) in [6.07, 6.45) is 2.50. The Balaban J connectivity index is 1.51. The van der Waals surface area contributed by atoms with Gasteiger partial charge in [0.2, 0.25) is 5.91 Å². The number of benzene rings is 2. The largest absolute Gasteiger partial charge is 0.354 e. The summed E-state index contributed by atoms with van der Waals surface area (Å²) in [5, 5.41) is 2.90. The molecule has 0 aromatic heterocycles. The highest BCUT2D eigenvalue weighted by Gasteiger charge is 2.47. The lowest BCUT2D eigenvalue weighted by molar-refractivity contribution is -0.121. The number of hydrogen-bond acceptors (Lipinski definition) is 3. The van der Waals surface area contributed by atoms with Gasteiger partial charge < -0.3 is 10.2 Å². The van der Waals surface area contributed by atoms with Crippen molar-refractivity contribution in [3.05, 3.63) is 65.2 Å². The predicted octanol–water partition coefficient (Wildman–Crippen LogP) is 3.89. The molecule has 0 saturated carbocycles. The van der Waals surface area contributed by atoms with E-state index < -0.39 is 6.17 Å². The van der Waals surface area contributed by atoms with Crippen molar-refractivity contribution < 1.29 is 14.4 Å². The minimum absolute atomic E-state index is 0.0473. The SMILES string of the molecule is CC(C)NC(=O)CCCCCN1C(=O)c2ccccc2N2C(=O)c3ccccc3[C@@H]12. The van der Waals surface area contributed by atoms with Crippen molar-refractivity contribution in [1.82, 2.24) is 10.2 Å². The minimum Gasteiger partial charge on any atom is -0.354 e. The maximum atomic E-state index is 13.3. The first-order chi connectivity index (χ1) is 14.5. The second kappa shape index (κ2) is 8.30. The predicted molar refractivity (Wildman–Crippen MR) is 115 cm³/mol. The van der Waals surface area contributed by atoms with Gasteiger partial charge in [0.25, 0.3) is 11.8 Å². The Morgan fingerprint density at radius 1 is 0.933 bits per heavy atom. The molecule has 1 atom stereocenters. The van der Waals surface area contributed by atoms with Crippen LogP contribution in [0.3, 0.4) is 0 Å². The van der Waals surface area contributed by atoms with Gasteiger partial charge in [-0.2, -0.15) is 0 Å². The molecule has 0 bridgehead atoms. The van der Waals surface area contributed by atoms with Gasteiger partial charge in [0, 0.05) is 30.1 Å². The summed E-state index contributed by atoms with van der Waals surface area (Å²) in [5.41, 5.74) is 2.77. The van der Waals surface area contributed by atoms with Crippen LogP contribution >= 0.6 is 0 Å². The quantitative estimate of drug-likeness (QED) is 0.711. The van der Waals surface area contributed by atoms with E-state index in [1.807, 2.05) is 56.3 Å². The highest BCUT2D eigenvalue weighted by molar-refractivity contribution is 6.16. The zero-order chi connectivity index (χ0) is 21.3. The van der Waals surface area contributed by atoms with Crippen LogP contribution in [0, 0.1) is 0 Å². The summed E-state index contributed by atoms with van der Waals surface area (Å²) in [5.74, 6) is -0.0470. The third-order valence-electron chi connectivity index (χ3n) is 5.64. The van der Waals surface area contributed by atoms with E-state index in [0.717, 1.165) is 24.8 Å². The van der Waals surface area contributed by atoms with E-state index in [2.05, 4.69) is 5.32 Å². The standard InChI is InChI=1S/C24H27N3O3/c1-16(2)25-21(28)14-4-3-9-15-26-22-17-10-5-6-11-18(17)24(30)27(22)20-13-8-7-12-19(20)23(26)29/h5-8,10-13,16,22H,3-4,9,14-15H2,1-2H3,(H,25,28)/t22-/m0/s1. The lowest BCUT2D eigenvalue weighted by Gasteiger charge is -2.41. The highest BCUT2D eigenvalue weighted by atomic mass is 16.2. The van der Waals surface area contributed by atoms with Gasteiger partial charge in [0.1, 0.15) is 6.17 Å². The molecule has 2 aromatic carbocycles. The van der Waals surface area contributed by atoms with Gasteiger partial charge in [0.15, 0.2) is 0 Å². The number of nitrogens with one attached hydrogen (secondary N) is 1. The van der Waals surface area contributed by atoms with Crippen LogP contribution in [0.2, 0.25) is 0 Å². The van der Waals surface area contributed by atoms with Crippen molar-refractivity contribution in [3.8, 4) is 0 Å². The molecule has 1 N–H and O–H groups in total. The van der Waals surface area contributed by atoms with Gasteiger partial charge in [-0.15, -0.1) is 0 Å². The summed E-state index contributed by atoms with van der Waals surface area (Å²) in [6.45, 7) is 4.44. The van der Waals surface area contributed by atoms with Gasteiger partial charge in [0.05, 0.1) is 11.3 Å². The minimum atomic E-state index is -0.402. The zero-order valence-electron chi connectivity index (χ0n) is 17.4. The lowest BCUT2D eigenvalue weighted by atomic mass is 10.0. The Kier molecular flexibility index (Phi) is 5.57. The van der Waals surface area contributed by atoms with Gasteiger partial charge in [-0.05, 0) is 44.9 Å². The first kappa shape index (κ1) is 20.1. The molecule has 0 radical (unpaired) electrons. The fourth-order valence-electron chi connectivity index (χ4n) is 4.34. The number of rotatable bonds is 7. The summed E-state index contributed by atoms with van der Waals surface area (Å²) in [6, 6.07) is 15.0.